The summed E-state index contributed by atoms with van der Waals surface area (Å²) in [5.41, 5.74) is 2.91. The quantitative estimate of drug-likeness (QED) is 0.880. The molecule has 0 saturated carbocycles. The van der Waals surface area contributed by atoms with E-state index in [0.717, 1.165) is 17.7 Å². The SMILES string of the molecule is COc1ccccc1CNC(=O)c1ccc(CC(C)C)cc1. The second kappa shape index (κ2) is 7.64. The average Bonchev–Trinajstić information content (AvgIpc) is 2.53. The first-order chi connectivity index (χ1) is 10.6. The van der Waals surface area contributed by atoms with Gasteiger partial charge in [0.05, 0.1) is 7.11 Å². The van der Waals surface area contributed by atoms with Gasteiger partial charge in [0, 0.05) is 17.7 Å². The van der Waals surface area contributed by atoms with Crippen LogP contribution in [0.2, 0.25) is 0 Å². The van der Waals surface area contributed by atoms with Crippen LogP contribution in [-0.4, -0.2) is 13.0 Å². The molecule has 0 aliphatic heterocycles. The summed E-state index contributed by atoms with van der Waals surface area (Å²) in [6.45, 7) is 4.83. The summed E-state index contributed by atoms with van der Waals surface area (Å²) in [5, 5.41) is 2.93. The molecule has 0 aliphatic rings. The second-order valence-electron chi connectivity index (χ2n) is 5.79. The first kappa shape index (κ1) is 16.1. The number of para-hydroxylation sites is 1. The Kier molecular flexibility index (Phi) is 5.59. The molecule has 0 atom stereocenters. The smallest absolute Gasteiger partial charge is 0.251 e. The van der Waals surface area contributed by atoms with Crippen LogP contribution in [0.3, 0.4) is 0 Å². The Balaban J connectivity index is 1.97. The molecule has 3 heteroatoms. The Hall–Kier alpha value is -2.29. The number of hydrogen-bond acceptors (Lipinski definition) is 2. The zero-order valence-corrected chi connectivity index (χ0v) is 13.4. The molecule has 0 aliphatic carbocycles. The molecule has 0 spiro atoms. The highest BCUT2D eigenvalue weighted by atomic mass is 16.5. The maximum atomic E-state index is 12.2. The highest BCUT2D eigenvalue weighted by Gasteiger charge is 2.07. The van der Waals surface area contributed by atoms with Crippen molar-refractivity contribution in [1.82, 2.24) is 5.32 Å². The summed E-state index contributed by atoms with van der Waals surface area (Å²) in [6.07, 6.45) is 1.03. The molecule has 116 valence electrons. The number of methoxy groups -OCH3 is 1. The molecular weight excluding hydrogens is 274 g/mol. The zero-order chi connectivity index (χ0) is 15.9. The molecule has 0 bridgehead atoms. The van der Waals surface area contributed by atoms with Crippen LogP contribution in [0.15, 0.2) is 48.5 Å². The first-order valence-electron chi connectivity index (χ1n) is 7.59. The normalized spacial score (nSPS) is 10.5. The van der Waals surface area contributed by atoms with Crippen LogP contribution < -0.4 is 10.1 Å². The molecule has 0 unspecified atom stereocenters. The van der Waals surface area contributed by atoms with Gasteiger partial charge in [-0.1, -0.05) is 44.2 Å². The van der Waals surface area contributed by atoms with E-state index in [1.54, 1.807) is 7.11 Å². The van der Waals surface area contributed by atoms with E-state index in [1.165, 1.54) is 5.56 Å². The molecule has 2 aromatic carbocycles. The summed E-state index contributed by atoms with van der Waals surface area (Å²) in [5.74, 6) is 1.34. The van der Waals surface area contributed by atoms with Crippen LogP contribution in [0.1, 0.15) is 35.3 Å². The summed E-state index contributed by atoms with van der Waals surface area (Å²) < 4.78 is 5.28. The van der Waals surface area contributed by atoms with Gasteiger partial charge in [-0.3, -0.25) is 4.79 Å². The Morgan fingerprint density at radius 3 is 2.41 bits per heavy atom. The van der Waals surface area contributed by atoms with Gasteiger partial charge in [-0.15, -0.1) is 0 Å². The van der Waals surface area contributed by atoms with Crippen LogP contribution in [0.25, 0.3) is 0 Å². The van der Waals surface area contributed by atoms with E-state index in [9.17, 15) is 4.79 Å². The van der Waals surface area contributed by atoms with Crippen molar-refractivity contribution < 1.29 is 9.53 Å². The minimum absolute atomic E-state index is 0.0676. The maximum absolute atomic E-state index is 12.2. The maximum Gasteiger partial charge on any atom is 0.251 e. The summed E-state index contributed by atoms with van der Waals surface area (Å²) in [7, 11) is 1.63. The van der Waals surface area contributed by atoms with Crippen LogP contribution in [-0.2, 0) is 13.0 Å². The summed E-state index contributed by atoms with van der Waals surface area (Å²) in [6, 6.07) is 15.5. The number of benzene rings is 2. The van der Waals surface area contributed by atoms with E-state index in [0.29, 0.717) is 18.0 Å². The van der Waals surface area contributed by atoms with E-state index >= 15 is 0 Å². The van der Waals surface area contributed by atoms with Gasteiger partial charge in [-0.05, 0) is 36.1 Å². The third-order valence-corrected chi connectivity index (χ3v) is 3.49. The number of carbonyl (C=O) groups is 1. The highest BCUT2D eigenvalue weighted by molar-refractivity contribution is 5.94. The largest absolute Gasteiger partial charge is 0.496 e. The van der Waals surface area contributed by atoms with Gasteiger partial charge in [0.2, 0.25) is 0 Å². The highest BCUT2D eigenvalue weighted by Crippen LogP contribution is 2.17. The molecule has 22 heavy (non-hydrogen) atoms. The predicted molar refractivity (Wildman–Crippen MR) is 89.1 cm³/mol. The minimum atomic E-state index is -0.0676. The van der Waals surface area contributed by atoms with Crippen molar-refractivity contribution in [3.05, 3.63) is 65.2 Å². The van der Waals surface area contributed by atoms with Gasteiger partial charge in [0.15, 0.2) is 0 Å². The van der Waals surface area contributed by atoms with Crippen molar-refractivity contribution in [1.29, 1.82) is 0 Å². The van der Waals surface area contributed by atoms with Crippen molar-refractivity contribution in [2.45, 2.75) is 26.8 Å². The third-order valence-electron chi connectivity index (χ3n) is 3.49. The standard InChI is InChI=1S/C19H23NO2/c1-14(2)12-15-8-10-16(11-9-15)19(21)20-13-17-6-4-5-7-18(17)22-3/h4-11,14H,12-13H2,1-3H3,(H,20,21). The molecule has 0 radical (unpaired) electrons. The van der Waals surface area contributed by atoms with Gasteiger partial charge in [-0.25, -0.2) is 0 Å². The van der Waals surface area contributed by atoms with E-state index in [-0.39, 0.29) is 5.91 Å². The molecule has 2 rings (SSSR count). The lowest BCUT2D eigenvalue weighted by atomic mass is 10.0. The molecule has 1 N–H and O–H groups in total. The molecule has 0 fully saturated rings. The Morgan fingerprint density at radius 1 is 1.09 bits per heavy atom. The van der Waals surface area contributed by atoms with Crippen LogP contribution in [0, 0.1) is 5.92 Å². The van der Waals surface area contributed by atoms with Crippen LogP contribution in [0.4, 0.5) is 0 Å². The number of rotatable bonds is 6. The second-order valence-corrected chi connectivity index (χ2v) is 5.79. The average molecular weight is 297 g/mol. The molecule has 0 heterocycles. The molecule has 2 aromatic rings. The first-order valence-corrected chi connectivity index (χ1v) is 7.59. The molecule has 0 saturated heterocycles. The van der Waals surface area contributed by atoms with Crippen molar-refractivity contribution >= 4 is 5.91 Å². The van der Waals surface area contributed by atoms with Gasteiger partial charge in [-0.2, -0.15) is 0 Å². The van der Waals surface area contributed by atoms with E-state index in [2.05, 4.69) is 19.2 Å². The number of carbonyl (C=O) groups excluding carboxylic acids is 1. The Morgan fingerprint density at radius 2 is 1.77 bits per heavy atom. The van der Waals surface area contributed by atoms with Gasteiger partial charge < -0.3 is 10.1 Å². The summed E-state index contributed by atoms with van der Waals surface area (Å²) >= 11 is 0. The van der Waals surface area contributed by atoms with Gasteiger partial charge >= 0.3 is 0 Å². The fourth-order valence-corrected chi connectivity index (χ4v) is 2.39. The lowest BCUT2D eigenvalue weighted by molar-refractivity contribution is 0.0950. The third kappa shape index (κ3) is 4.35. The topological polar surface area (TPSA) is 38.3 Å². The van der Waals surface area contributed by atoms with Crippen molar-refractivity contribution in [2.75, 3.05) is 7.11 Å². The van der Waals surface area contributed by atoms with E-state index < -0.39 is 0 Å². The molecule has 3 nitrogen and oxygen atoms in total. The van der Waals surface area contributed by atoms with E-state index in [1.807, 2.05) is 48.5 Å². The summed E-state index contributed by atoms with van der Waals surface area (Å²) in [4.78, 5) is 12.2. The van der Waals surface area contributed by atoms with Crippen LogP contribution >= 0.6 is 0 Å². The minimum Gasteiger partial charge on any atom is -0.496 e. The monoisotopic (exact) mass is 297 g/mol. The lowest BCUT2D eigenvalue weighted by Crippen LogP contribution is -2.23. The van der Waals surface area contributed by atoms with E-state index in [4.69, 9.17) is 4.74 Å². The van der Waals surface area contributed by atoms with Gasteiger partial charge in [0.25, 0.3) is 5.91 Å². The van der Waals surface area contributed by atoms with Crippen molar-refractivity contribution in [2.24, 2.45) is 5.92 Å². The van der Waals surface area contributed by atoms with Gasteiger partial charge in [0.1, 0.15) is 5.75 Å². The zero-order valence-electron chi connectivity index (χ0n) is 13.4. The van der Waals surface area contributed by atoms with Crippen molar-refractivity contribution in [3.8, 4) is 5.75 Å². The number of nitrogens with one attached hydrogen (secondary N) is 1. The lowest BCUT2D eigenvalue weighted by Gasteiger charge is -2.10. The Bertz CT molecular complexity index is 618. The fraction of sp³-hybridized carbons (Fsp3) is 0.316. The van der Waals surface area contributed by atoms with Crippen molar-refractivity contribution in [3.63, 3.8) is 0 Å². The Labute approximate surface area is 132 Å². The molecule has 1 amide bonds. The number of amides is 1. The predicted octanol–water partition coefficient (Wildman–Crippen LogP) is 3.82. The fourth-order valence-electron chi connectivity index (χ4n) is 2.39. The number of ether oxygens (including phenoxy) is 1. The number of hydrogen-bond donors (Lipinski definition) is 1. The van der Waals surface area contributed by atoms with Crippen LogP contribution in [0.5, 0.6) is 5.75 Å². The molecular formula is C19H23NO2. The molecule has 0 aromatic heterocycles.